The van der Waals surface area contributed by atoms with Crippen molar-refractivity contribution in [2.45, 2.75) is 32.4 Å². The highest BCUT2D eigenvalue weighted by Gasteiger charge is 2.23. The lowest BCUT2D eigenvalue weighted by molar-refractivity contribution is -0.117. The predicted octanol–water partition coefficient (Wildman–Crippen LogP) is 0.339. The first-order valence-electron chi connectivity index (χ1n) is 6.38. The molecule has 0 aromatic carbocycles. The van der Waals surface area contributed by atoms with Gasteiger partial charge >= 0.3 is 0 Å². The first kappa shape index (κ1) is 13.0. The molecular formula is C12H21N5O. The van der Waals surface area contributed by atoms with Gasteiger partial charge < -0.3 is 16.4 Å². The number of hydrogen-bond donors (Lipinski definition) is 3. The lowest BCUT2D eigenvalue weighted by Crippen LogP contribution is -2.45. The molecule has 2 heterocycles. The summed E-state index contributed by atoms with van der Waals surface area (Å²) >= 11 is 0. The van der Waals surface area contributed by atoms with Gasteiger partial charge in [0.1, 0.15) is 5.82 Å². The van der Waals surface area contributed by atoms with E-state index in [4.69, 9.17) is 5.73 Å². The summed E-state index contributed by atoms with van der Waals surface area (Å²) in [6.45, 7) is 5.89. The van der Waals surface area contributed by atoms with Crippen molar-refractivity contribution in [3.8, 4) is 0 Å². The topological polar surface area (TPSA) is 85.0 Å². The Balaban J connectivity index is 1.96. The largest absolute Gasteiger partial charge is 0.320 e. The number of carbonyl (C=O) groups is 1. The van der Waals surface area contributed by atoms with E-state index in [2.05, 4.69) is 29.6 Å². The van der Waals surface area contributed by atoms with Crippen molar-refractivity contribution in [1.82, 2.24) is 15.1 Å². The highest BCUT2D eigenvalue weighted by atomic mass is 16.2. The van der Waals surface area contributed by atoms with Gasteiger partial charge in [0.25, 0.3) is 0 Å². The molecule has 1 atom stereocenters. The Hall–Kier alpha value is -1.40. The van der Waals surface area contributed by atoms with Crippen molar-refractivity contribution in [3.63, 3.8) is 0 Å². The molecule has 1 aliphatic rings. The van der Waals surface area contributed by atoms with E-state index in [1.54, 1.807) is 12.3 Å². The van der Waals surface area contributed by atoms with Gasteiger partial charge in [0, 0.05) is 19.2 Å². The summed E-state index contributed by atoms with van der Waals surface area (Å²) in [6.07, 6.45) is 2.38. The Morgan fingerprint density at radius 2 is 2.39 bits per heavy atom. The second kappa shape index (κ2) is 5.49. The fourth-order valence-corrected chi connectivity index (χ4v) is 1.98. The second-order valence-corrected chi connectivity index (χ2v) is 5.20. The van der Waals surface area contributed by atoms with Crippen LogP contribution in [0.3, 0.4) is 0 Å². The van der Waals surface area contributed by atoms with E-state index >= 15 is 0 Å². The number of rotatable bonds is 5. The van der Waals surface area contributed by atoms with Gasteiger partial charge in [-0.1, -0.05) is 13.8 Å². The maximum absolute atomic E-state index is 11.9. The van der Waals surface area contributed by atoms with E-state index in [1.165, 1.54) is 0 Å². The summed E-state index contributed by atoms with van der Waals surface area (Å²) in [4.78, 5) is 11.9. The minimum Gasteiger partial charge on any atom is -0.320 e. The number of anilines is 1. The average Bonchev–Trinajstić information content (AvgIpc) is 2.62. The average molecular weight is 251 g/mol. The third kappa shape index (κ3) is 2.88. The smallest absolute Gasteiger partial charge is 0.242 e. The predicted molar refractivity (Wildman–Crippen MR) is 70.2 cm³/mol. The molecule has 0 saturated carbocycles. The van der Waals surface area contributed by atoms with Crippen LogP contribution in [0.25, 0.3) is 0 Å². The molecule has 1 aliphatic heterocycles. The molecule has 6 heteroatoms. The molecule has 0 bridgehead atoms. The maximum atomic E-state index is 11.9. The summed E-state index contributed by atoms with van der Waals surface area (Å²) in [5.74, 6) is 0.995. The maximum Gasteiger partial charge on any atom is 0.242 e. The molecule has 0 unspecified atom stereocenters. The van der Waals surface area contributed by atoms with Crippen LogP contribution in [0.5, 0.6) is 0 Å². The zero-order valence-electron chi connectivity index (χ0n) is 10.9. The number of carbonyl (C=O) groups excluding carboxylic acids is 1. The number of nitrogens with zero attached hydrogens (tertiary/aromatic N) is 2. The molecule has 100 valence electrons. The summed E-state index contributed by atoms with van der Waals surface area (Å²) < 4.78 is 1.84. The van der Waals surface area contributed by atoms with Gasteiger partial charge in [0.2, 0.25) is 5.91 Å². The molecule has 1 aromatic heterocycles. The van der Waals surface area contributed by atoms with Crippen LogP contribution in [0, 0.1) is 5.92 Å². The van der Waals surface area contributed by atoms with Gasteiger partial charge in [-0.3, -0.25) is 4.79 Å². The van der Waals surface area contributed by atoms with Gasteiger partial charge in [-0.2, -0.15) is 5.10 Å². The standard InChI is InChI=1S/C12H21N5O/c1-8(2)5-10(13)12(18)16-11-3-4-15-17(11)9-6-14-7-9/h3-4,8-10,14H,5-7,13H2,1-2H3,(H,16,18)/t10-/m1/s1. The molecule has 1 aromatic rings. The first-order valence-corrected chi connectivity index (χ1v) is 6.38. The fourth-order valence-electron chi connectivity index (χ4n) is 1.98. The van der Waals surface area contributed by atoms with Crippen LogP contribution in [0.2, 0.25) is 0 Å². The number of nitrogens with two attached hydrogens (primary N) is 1. The molecule has 1 amide bonds. The molecule has 4 N–H and O–H groups in total. The molecule has 2 rings (SSSR count). The zero-order valence-corrected chi connectivity index (χ0v) is 10.9. The SMILES string of the molecule is CC(C)C[C@@H](N)C(=O)Nc1ccnn1C1CNC1. The molecular weight excluding hydrogens is 230 g/mol. The van der Waals surface area contributed by atoms with Crippen LogP contribution in [0.15, 0.2) is 12.3 Å². The van der Waals surface area contributed by atoms with Crippen molar-refractivity contribution >= 4 is 11.7 Å². The van der Waals surface area contributed by atoms with E-state index in [0.717, 1.165) is 18.9 Å². The second-order valence-electron chi connectivity index (χ2n) is 5.20. The minimum atomic E-state index is -0.465. The Labute approximate surface area is 107 Å². The molecule has 1 fully saturated rings. The third-order valence-corrected chi connectivity index (χ3v) is 3.09. The van der Waals surface area contributed by atoms with Crippen molar-refractivity contribution < 1.29 is 4.79 Å². The number of amides is 1. The number of aromatic nitrogens is 2. The zero-order chi connectivity index (χ0) is 13.1. The molecule has 18 heavy (non-hydrogen) atoms. The monoisotopic (exact) mass is 251 g/mol. The van der Waals surface area contributed by atoms with E-state index in [9.17, 15) is 4.79 Å². The Kier molecular flexibility index (Phi) is 3.98. The van der Waals surface area contributed by atoms with E-state index in [-0.39, 0.29) is 5.91 Å². The van der Waals surface area contributed by atoms with Gasteiger partial charge in [-0.05, 0) is 12.3 Å². The molecule has 0 aliphatic carbocycles. The van der Waals surface area contributed by atoms with Gasteiger partial charge in [-0.25, -0.2) is 4.68 Å². The normalized spacial score (nSPS) is 17.6. The van der Waals surface area contributed by atoms with Gasteiger partial charge in [0.05, 0.1) is 18.3 Å². The van der Waals surface area contributed by atoms with Crippen molar-refractivity contribution in [2.24, 2.45) is 11.7 Å². The van der Waals surface area contributed by atoms with E-state index < -0.39 is 6.04 Å². The van der Waals surface area contributed by atoms with Crippen LogP contribution in [-0.4, -0.2) is 34.8 Å². The number of nitrogens with one attached hydrogen (secondary N) is 2. The van der Waals surface area contributed by atoms with Crippen LogP contribution in [-0.2, 0) is 4.79 Å². The lowest BCUT2D eigenvalue weighted by Gasteiger charge is -2.29. The van der Waals surface area contributed by atoms with Crippen molar-refractivity contribution in [3.05, 3.63) is 12.3 Å². The molecule has 0 spiro atoms. The molecule has 0 radical (unpaired) electrons. The molecule has 1 saturated heterocycles. The van der Waals surface area contributed by atoms with Crippen LogP contribution in [0.1, 0.15) is 26.3 Å². The van der Waals surface area contributed by atoms with E-state index in [1.807, 2.05) is 4.68 Å². The highest BCUT2D eigenvalue weighted by Crippen LogP contribution is 2.17. The molecule has 6 nitrogen and oxygen atoms in total. The van der Waals surface area contributed by atoms with Crippen molar-refractivity contribution in [1.29, 1.82) is 0 Å². The van der Waals surface area contributed by atoms with Crippen LogP contribution in [0.4, 0.5) is 5.82 Å². The van der Waals surface area contributed by atoms with Crippen molar-refractivity contribution in [2.75, 3.05) is 18.4 Å². The Morgan fingerprint density at radius 3 is 2.94 bits per heavy atom. The van der Waals surface area contributed by atoms with Crippen LogP contribution < -0.4 is 16.4 Å². The van der Waals surface area contributed by atoms with Crippen LogP contribution >= 0.6 is 0 Å². The Bertz CT molecular complexity index is 410. The Morgan fingerprint density at radius 1 is 1.67 bits per heavy atom. The number of hydrogen-bond acceptors (Lipinski definition) is 4. The minimum absolute atomic E-state index is 0.141. The summed E-state index contributed by atoms with van der Waals surface area (Å²) in [7, 11) is 0. The van der Waals surface area contributed by atoms with Gasteiger partial charge in [-0.15, -0.1) is 0 Å². The quantitative estimate of drug-likeness (QED) is 0.704. The summed E-state index contributed by atoms with van der Waals surface area (Å²) in [5, 5.41) is 10.3. The van der Waals surface area contributed by atoms with Gasteiger partial charge in [0.15, 0.2) is 0 Å². The lowest BCUT2D eigenvalue weighted by atomic mass is 10.0. The van der Waals surface area contributed by atoms with E-state index in [0.29, 0.717) is 18.4 Å². The summed E-state index contributed by atoms with van der Waals surface area (Å²) in [6, 6.07) is 1.67. The fraction of sp³-hybridized carbons (Fsp3) is 0.667. The first-order chi connectivity index (χ1) is 8.58. The summed E-state index contributed by atoms with van der Waals surface area (Å²) in [5.41, 5.74) is 5.85. The third-order valence-electron chi connectivity index (χ3n) is 3.09. The highest BCUT2D eigenvalue weighted by molar-refractivity contribution is 5.93.